The monoisotopic (exact) mass is 221 g/mol. The minimum atomic E-state index is -0.173. The van der Waals surface area contributed by atoms with E-state index in [-0.39, 0.29) is 12.0 Å². The van der Waals surface area contributed by atoms with E-state index < -0.39 is 0 Å². The van der Waals surface area contributed by atoms with Gasteiger partial charge in [-0.15, -0.1) is 0 Å². The summed E-state index contributed by atoms with van der Waals surface area (Å²) in [6, 6.07) is 1.68. The van der Waals surface area contributed by atoms with Gasteiger partial charge in [-0.05, 0) is 18.9 Å². The first-order valence-electron chi connectivity index (χ1n) is 5.32. The van der Waals surface area contributed by atoms with Crippen LogP contribution in [0.1, 0.15) is 28.9 Å². The molecule has 0 aromatic carbocycles. The zero-order valence-corrected chi connectivity index (χ0v) is 9.19. The van der Waals surface area contributed by atoms with Crippen molar-refractivity contribution in [2.45, 2.75) is 25.5 Å². The molecule has 5 nitrogen and oxygen atoms in total. The van der Waals surface area contributed by atoms with E-state index in [2.05, 4.69) is 10.3 Å². The number of amides is 1. The van der Waals surface area contributed by atoms with Crippen molar-refractivity contribution in [1.82, 2.24) is 10.3 Å². The Morgan fingerprint density at radius 3 is 3.00 bits per heavy atom. The van der Waals surface area contributed by atoms with Gasteiger partial charge in [-0.3, -0.25) is 9.78 Å². The molecular weight excluding hydrogens is 206 g/mol. The molecule has 86 valence electrons. The molecule has 0 saturated heterocycles. The van der Waals surface area contributed by atoms with Crippen molar-refractivity contribution in [3.8, 4) is 5.75 Å². The number of carbonyl (C=O) groups excluding carboxylic acids is 1. The lowest BCUT2D eigenvalue weighted by Crippen LogP contribution is -2.20. The Balaban J connectivity index is 2.29. The average molecular weight is 221 g/mol. The molecular formula is C11H15N3O2. The normalized spacial score (nSPS) is 14.6. The Hall–Kier alpha value is -1.62. The molecule has 0 aliphatic heterocycles. The molecule has 3 N–H and O–H groups in total. The lowest BCUT2D eigenvalue weighted by molar-refractivity contribution is 0.0958. The number of hydrogen-bond donors (Lipinski definition) is 2. The second-order valence-electron chi connectivity index (χ2n) is 3.77. The highest BCUT2D eigenvalue weighted by Crippen LogP contribution is 2.28. The van der Waals surface area contributed by atoms with Crippen LogP contribution in [0.4, 0.5) is 0 Å². The highest BCUT2D eigenvalue weighted by atomic mass is 16.5. The van der Waals surface area contributed by atoms with Crippen LogP contribution in [0.3, 0.4) is 0 Å². The molecule has 5 heteroatoms. The van der Waals surface area contributed by atoms with Gasteiger partial charge in [0.25, 0.3) is 5.91 Å². The Bertz CT molecular complexity index is 402. The van der Waals surface area contributed by atoms with Gasteiger partial charge in [-0.1, -0.05) is 0 Å². The summed E-state index contributed by atoms with van der Waals surface area (Å²) in [7, 11) is 1.59. The number of nitrogens with two attached hydrogens (primary N) is 1. The number of nitrogens with one attached hydrogen (secondary N) is 1. The van der Waals surface area contributed by atoms with Crippen molar-refractivity contribution in [2.24, 2.45) is 5.73 Å². The minimum Gasteiger partial charge on any atom is -0.488 e. The van der Waals surface area contributed by atoms with E-state index in [1.165, 1.54) is 0 Å². The van der Waals surface area contributed by atoms with Gasteiger partial charge < -0.3 is 15.8 Å². The van der Waals surface area contributed by atoms with E-state index in [1.807, 2.05) is 0 Å². The first kappa shape index (κ1) is 10.9. The standard InChI is InChI=1S/C11H15N3O2/c1-13-11(15)9-4-7(5-12)14-6-10(9)16-8-2-3-8/h4,6,8H,2-3,5,12H2,1H3,(H,13,15). The molecule has 1 saturated carbocycles. The van der Waals surface area contributed by atoms with Gasteiger partial charge in [-0.25, -0.2) is 0 Å². The predicted octanol–water partition coefficient (Wildman–Crippen LogP) is 0.441. The van der Waals surface area contributed by atoms with Crippen molar-refractivity contribution in [3.05, 3.63) is 23.5 Å². The van der Waals surface area contributed by atoms with Crippen LogP contribution < -0.4 is 15.8 Å². The molecule has 2 rings (SSSR count). The number of nitrogens with zero attached hydrogens (tertiary/aromatic N) is 1. The Morgan fingerprint density at radius 2 is 2.44 bits per heavy atom. The van der Waals surface area contributed by atoms with Gasteiger partial charge in [0.1, 0.15) is 0 Å². The fraction of sp³-hybridized carbons (Fsp3) is 0.455. The third-order valence-corrected chi connectivity index (χ3v) is 2.42. The molecule has 1 aromatic heterocycles. The van der Waals surface area contributed by atoms with Gasteiger partial charge in [0.2, 0.25) is 0 Å². The highest BCUT2D eigenvalue weighted by Gasteiger charge is 2.25. The van der Waals surface area contributed by atoms with Crippen LogP contribution in [-0.2, 0) is 6.54 Å². The Labute approximate surface area is 94.0 Å². The lowest BCUT2D eigenvalue weighted by atomic mass is 10.2. The molecule has 0 spiro atoms. The molecule has 0 radical (unpaired) electrons. The zero-order valence-electron chi connectivity index (χ0n) is 9.19. The maximum Gasteiger partial charge on any atom is 0.254 e. The van der Waals surface area contributed by atoms with E-state index >= 15 is 0 Å². The number of aromatic nitrogens is 1. The summed E-state index contributed by atoms with van der Waals surface area (Å²) in [4.78, 5) is 15.8. The maximum absolute atomic E-state index is 11.6. The maximum atomic E-state index is 11.6. The third-order valence-electron chi connectivity index (χ3n) is 2.42. The van der Waals surface area contributed by atoms with Gasteiger partial charge in [0.15, 0.2) is 5.75 Å². The Kier molecular flexibility index (Phi) is 3.05. The van der Waals surface area contributed by atoms with E-state index in [1.54, 1.807) is 19.3 Å². The molecule has 1 aromatic rings. The average Bonchev–Trinajstić information content (AvgIpc) is 3.12. The smallest absolute Gasteiger partial charge is 0.254 e. The Morgan fingerprint density at radius 1 is 1.69 bits per heavy atom. The van der Waals surface area contributed by atoms with Crippen molar-refractivity contribution >= 4 is 5.91 Å². The zero-order chi connectivity index (χ0) is 11.5. The third kappa shape index (κ3) is 2.30. The summed E-state index contributed by atoms with van der Waals surface area (Å²) < 4.78 is 5.61. The van der Waals surface area contributed by atoms with E-state index in [4.69, 9.17) is 10.5 Å². The van der Waals surface area contributed by atoms with Crippen molar-refractivity contribution in [3.63, 3.8) is 0 Å². The molecule has 1 amide bonds. The summed E-state index contributed by atoms with van der Waals surface area (Å²) in [5, 5.41) is 2.58. The van der Waals surface area contributed by atoms with Crippen molar-refractivity contribution in [2.75, 3.05) is 7.05 Å². The molecule has 0 bridgehead atoms. The molecule has 16 heavy (non-hydrogen) atoms. The minimum absolute atomic E-state index is 0.173. The molecule has 1 fully saturated rings. The summed E-state index contributed by atoms with van der Waals surface area (Å²) in [5.74, 6) is 0.367. The molecule has 0 unspecified atom stereocenters. The predicted molar refractivity (Wildman–Crippen MR) is 59.2 cm³/mol. The van der Waals surface area contributed by atoms with Crippen molar-refractivity contribution in [1.29, 1.82) is 0 Å². The molecule has 1 heterocycles. The highest BCUT2D eigenvalue weighted by molar-refractivity contribution is 5.96. The largest absolute Gasteiger partial charge is 0.488 e. The van der Waals surface area contributed by atoms with Gasteiger partial charge in [-0.2, -0.15) is 0 Å². The van der Waals surface area contributed by atoms with Crippen LogP contribution in [0.5, 0.6) is 5.75 Å². The molecule has 1 aliphatic rings. The van der Waals surface area contributed by atoms with Crippen LogP contribution in [0.2, 0.25) is 0 Å². The lowest BCUT2D eigenvalue weighted by Gasteiger charge is -2.10. The molecule has 1 aliphatic carbocycles. The second kappa shape index (κ2) is 4.49. The summed E-state index contributed by atoms with van der Waals surface area (Å²) in [6.07, 6.45) is 3.91. The second-order valence-corrected chi connectivity index (χ2v) is 3.77. The van der Waals surface area contributed by atoms with Crippen LogP contribution in [0.15, 0.2) is 12.3 Å². The summed E-state index contributed by atoms with van der Waals surface area (Å²) >= 11 is 0. The van der Waals surface area contributed by atoms with Crippen LogP contribution in [-0.4, -0.2) is 24.0 Å². The topological polar surface area (TPSA) is 77.2 Å². The first-order chi connectivity index (χ1) is 7.74. The van der Waals surface area contributed by atoms with Crippen LogP contribution in [0, 0.1) is 0 Å². The first-order valence-corrected chi connectivity index (χ1v) is 5.32. The number of carbonyl (C=O) groups is 1. The van der Waals surface area contributed by atoms with E-state index in [0.717, 1.165) is 12.8 Å². The van der Waals surface area contributed by atoms with Crippen LogP contribution >= 0.6 is 0 Å². The summed E-state index contributed by atoms with van der Waals surface area (Å²) in [6.45, 7) is 0.313. The number of hydrogen-bond acceptors (Lipinski definition) is 4. The fourth-order valence-corrected chi connectivity index (χ4v) is 1.37. The fourth-order valence-electron chi connectivity index (χ4n) is 1.37. The van der Waals surface area contributed by atoms with Gasteiger partial charge in [0.05, 0.1) is 23.6 Å². The molecule has 0 atom stereocenters. The van der Waals surface area contributed by atoms with E-state index in [0.29, 0.717) is 23.6 Å². The number of pyridine rings is 1. The van der Waals surface area contributed by atoms with Gasteiger partial charge >= 0.3 is 0 Å². The quantitative estimate of drug-likeness (QED) is 0.773. The van der Waals surface area contributed by atoms with Gasteiger partial charge in [0, 0.05) is 13.6 Å². The van der Waals surface area contributed by atoms with Crippen molar-refractivity contribution < 1.29 is 9.53 Å². The SMILES string of the molecule is CNC(=O)c1cc(CN)ncc1OC1CC1. The van der Waals surface area contributed by atoms with E-state index in [9.17, 15) is 4.79 Å². The van der Waals surface area contributed by atoms with Crippen LogP contribution in [0.25, 0.3) is 0 Å². The number of ether oxygens (including phenoxy) is 1. The summed E-state index contributed by atoms with van der Waals surface area (Å²) in [5.41, 5.74) is 6.68. The number of rotatable bonds is 4.